The highest BCUT2D eigenvalue weighted by Gasteiger charge is 2.31. The van der Waals surface area contributed by atoms with Gasteiger partial charge < -0.3 is 19.9 Å². The lowest BCUT2D eigenvalue weighted by Gasteiger charge is -2.34. The normalized spacial score (nSPS) is 18.1. The van der Waals surface area contributed by atoms with Crippen LogP contribution in [0.2, 0.25) is 0 Å². The fourth-order valence-corrected chi connectivity index (χ4v) is 6.17. The predicted octanol–water partition coefficient (Wildman–Crippen LogP) is 2.98. The molecule has 2 aliphatic rings. The minimum absolute atomic E-state index is 0.0153. The second kappa shape index (κ2) is 11.2. The molecule has 0 radical (unpaired) electrons. The average molecular weight is 481 g/mol. The molecular formula is C23H36N4O5S. The second-order valence-electron chi connectivity index (χ2n) is 8.54. The molecular weight excluding hydrogens is 444 g/mol. The van der Waals surface area contributed by atoms with Gasteiger partial charge in [-0.1, -0.05) is 6.42 Å². The molecule has 2 heterocycles. The quantitative estimate of drug-likeness (QED) is 0.647. The molecule has 184 valence electrons. The Morgan fingerprint density at radius 3 is 2.27 bits per heavy atom. The number of amides is 3. The van der Waals surface area contributed by atoms with Crippen molar-refractivity contribution >= 4 is 27.6 Å². The first kappa shape index (κ1) is 25.3. The van der Waals surface area contributed by atoms with E-state index in [2.05, 4.69) is 5.32 Å². The summed E-state index contributed by atoms with van der Waals surface area (Å²) in [6, 6.07) is 4.74. The van der Waals surface area contributed by atoms with Gasteiger partial charge in [0, 0.05) is 50.9 Å². The predicted molar refractivity (Wildman–Crippen MR) is 127 cm³/mol. The van der Waals surface area contributed by atoms with Gasteiger partial charge in [-0.25, -0.2) is 13.2 Å². The Morgan fingerprint density at radius 1 is 1.06 bits per heavy atom. The van der Waals surface area contributed by atoms with Gasteiger partial charge in [0.2, 0.25) is 15.9 Å². The topological polar surface area (TPSA) is 99.3 Å². The maximum atomic E-state index is 13.2. The van der Waals surface area contributed by atoms with Crippen molar-refractivity contribution in [1.82, 2.24) is 14.1 Å². The fraction of sp³-hybridized carbons (Fsp3) is 0.652. The van der Waals surface area contributed by atoms with Crippen LogP contribution in [-0.4, -0.2) is 80.8 Å². The number of carbonyl (C=O) groups is 2. The average Bonchev–Trinajstić information content (AvgIpc) is 2.85. The Balaban J connectivity index is 1.67. The van der Waals surface area contributed by atoms with Gasteiger partial charge in [-0.3, -0.25) is 4.79 Å². The number of anilines is 1. The molecule has 2 aliphatic heterocycles. The van der Waals surface area contributed by atoms with Gasteiger partial charge in [-0.05, 0) is 57.7 Å². The monoisotopic (exact) mass is 480 g/mol. The molecule has 10 heteroatoms. The largest absolute Gasteiger partial charge is 0.495 e. The molecule has 0 aromatic heterocycles. The van der Waals surface area contributed by atoms with Crippen LogP contribution in [0.15, 0.2) is 23.1 Å². The highest BCUT2D eigenvalue weighted by Crippen LogP contribution is 2.31. The maximum Gasteiger partial charge on any atom is 0.319 e. The summed E-state index contributed by atoms with van der Waals surface area (Å²) < 4.78 is 33.2. The number of piperidine rings is 2. The smallest absolute Gasteiger partial charge is 0.319 e. The van der Waals surface area contributed by atoms with E-state index in [0.717, 1.165) is 19.3 Å². The molecule has 0 spiro atoms. The Hall–Kier alpha value is -2.33. The van der Waals surface area contributed by atoms with Crippen molar-refractivity contribution < 1.29 is 22.7 Å². The molecule has 3 rings (SSSR count). The number of likely N-dealkylation sites (tertiary alicyclic amines) is 1. The van der Waals surface area contributed by atoms with Gasteiger partial charge in [-0.15, -0.1) is 0 Å². The Morgan fingerprint density at radius 2 is 1.70 bits per heavy atom. The van der Waals surface area contributed by atoms with Crippen molar-refractivity contribution in [3.8, 4) is 5.75 Å². The minimum atomic E-state index is -3.71. The summed E-state index contributed by atoms with van der Waals surface area (Å²) in [5.41, 5.74) is 0.429. The summed E-state index contributed by atoms with van der Waals surface area (Å²) in [6.07, 6.45) is 3.86. The van der Waals surface area contributed by atoms with E-state index >= 15 is 0 Å². The highest BCUT2D eigenvalue weighted by molar-refractivity contribution is 7.89. The van der Waals surface area contributed by atoms with Crippen molar-refractivity contribution in [3.05, 3.63) is 18.2 Å². The summed E-state index contributed by atoms with van der Waals surface area (Å²) in [6.45, 7) is 7.28. The zero-order valence-corrected chi connectivity index (χ0v) is 20.7. The number of hydrogen-bond donors (Lipinski definition) is 1. The van der Waals surface area contributed by atoms with Crippen molar-refractivity contribution in [2.75, 3.05) is 51.7 Å². The number of nitrogens with zero attached hydrogens (tertiary/aromatic N) is 3. The van der Waals surface area contributed by atoms with E-state index in [1.165, 1.54) is 17.5 Å². The van der Waals surface area contributed by atoms with Gasteiger partial charge >= 0.3 is 6.03 Å². The molecule has 33 heavy (non-hydrogen) atoms. The van der Waals surface area contributed by atoms with Crippen LogP contribution in [0.3, 0.4) is 0 Å². The second-order valence-corrected chi connectivity index (χ2v) is 10.4. The number of nitrogens with one attached hydrogen (secondary N) is 1. The third-order valence-corrected chi connectivity index (χ3v) is 8.45. The molecule has 3 amide bonds. The molecule has 1 N–H and O–H groups in total. The summed E-state index contributed by atoms with van der Waals surface area (Å²) in [5, 5.41) is 2.88. The highest BCUT2D eigenvalue weighted by atomic mass is 32.2. The number of carbonyl (C=O) groups excluding carboxylic acids is 2. The number of hydrogen-bond acceptors (Lipinski definition) is 5. The van der Waals surface area contributed by atoms with Crippen LogP contribution in [0.4, 0.5) is 10.5 Å². The van der Waals surface area contributed by atoms with Crippen LogP contribution in [0.5, 0.6) is 5.75 Å². The van der Waals surface area contributed by atoms with Crippen LogP contribution in [-0.2, 0) is 14.8 Å². The molecule has 1 aromatic rings. The molecule has 0 aliphatic carbocycles. The van der Waals surface area contributed by atoms with Gasteiger partial charge in [0.05, 0.1) is 7.11 Å². The fourth-order valence-electron chi connectivity index (χ4n) is 4.47. The number of benzene rings is 1. The standard InChI is InChI=1S/C23H36N4O5S/c1-4-25(5-2)23(29)26-15-11-18(12-16-26)22(28)24-19-9-10-20(32-3)21(17-19)33(30,31)27-13-7-6-8-14-27/h9-10,17-18H,4-8,11-16H2,1-3H3,(H,24,28). The van der Waals surface area contributed by atoms with E-state index < -0.39 is 10.0 Å². The lowest BCUT2D eigenvalue weighted by molar-refractivity contribution is -0.121. The SMILES string of the molecule is CCN(CC)C(=O)N1CCC(C(=O)Nc2ccc(OC)c(S(=O)(=O)N3CCCCC3)c2)CC1. The third kappa shape index (κ3) is 5.78. The summed E-state index contributed by atoms with van der Waals surface area (Å²) in [4.78, 5) is 29.1. The van der Waals surface area contributed by atoms with E-state index in [-0.39, 0.29) is 28.5 Å². The van der Waals surface area contributed by atoms with Crippen LogP contribution in [0.1, 0.15) is 46.0 Å². The van der Waals surface area contributed by atoms with Crippen molar-refractivity contribution in [2.45, 2.75) is 50.8 Å². The number of methoxy groups -OCH3 is 1. The first-order valence-corrected chi connectivity index (χ1v) is 13.3. The first-order valence-electron chi connectivity index (χ1n) is 11.8. The van der Waals surface area contributed by atoms with Crippen LogP contribution >= 0.6 is 0 Å². The van der Waals surface area contributed by atoms with Crippen LogP contribution < -0.4 is 10.1 Å². The van der Waals surface area contributed by atoms with Crippen molar-refractivity contribution in [3.63, 3.8) is 0 Å². The van der Waals surface area contributed by atoms with Crippen LogP contribution in [0, 0.1) is 5.92 Å². The molecule has 0 saturated carbocycles. The Kier molecular flexibility index (Phi) is 8.58. The lowest BCUT2D eigenvalue weighted by Crippen LogP contribution is -2.47. The Bertz CT molecular complexity index is 934. The Labute approximate surface area is 197 Å². The van der Waals surface area contributed by atoms with Crippen molar-refractivity contribution in [2.24, 2.45) is 5.92 Å². The van der Waals surface area contributed by atoms with Gasteiger partial charge in [0.25, 0.3) is 0 Å². The zero-order valence-electron chi connectivity index (χ0n) is 19.9. The number of sulfonamides is 1. The zero-order chi connectivity index (χ0) is 24.0. The number of urea groups is 1. The van der Waals surface area contributed by atoms with E-state index in [4.69, 9.17) is 4.74 Å². The summed E-state index contributed by atoms with van der Waals surface area (Å²) in [7, 11) is -2.27. The number of rotatable bonds is 7. The molecule has 1 aromatic carbocycles. The summed E-state index contributed by atoms with van der Waals surface area (Å²) >= 11 is 0. The molecule has 0 unspecified atom stereocenters. The minimum Gasteiger partial charge on any atom is -0.495 e. The number of ether oxygens (including phenoxy) is 1. The van der Waals surface area contributed by atoms with Gasteiger partial charge in [0.15, 0.2) is 0 Å². The van der Waals surface area contributed by atoms with Crippen LogP contribution in [0.25, 0.3) is 0 Å². The van der Waals surface area contributed by atoms with E-state index in [1.807, 2.05) is 13.8 Å². The molecule has 0 atom stereocenters. The van der Waals surface area contributed by atoms with Gasteiger partial charge in [-0.2, -0.15) is 4.31 Å². The van der Waals surface area contributed by atoms with E-state index in [9.17, 15) is 18.0 Å². The molecule has 9 nitrogen and oxygen atoms in total. The summed E-state index contributed by atoms with van der Waals surface area (Å²) in [5.74, 6) is -0.117. The third-order valence-electron chi connectivity index (χ3n) is 6.53. The maximum absolute atomic E-state index is 13.2. The molecule has 2 fully saturated rings. The molecule has 2 saturated heterocycles. The van der Waals surface area contributed by atoms with E-state index in [0.29, 0.717) is 57.8 Å². The van der Waals surface area contributed by atoms with E-state index in [1.54, 1.807) is 21.9 Å². The first-order chi connectivity index (χ1) is 15.8. The van der Waals surface area contributed by atoms with Gasteiger partial charge in [0.1, 0.15) is 10.6 Å². The molecule has 0 bridgehead atoms. The van der Waals surface area contributed by atoms with Crippen molar-refractivity contribution in [1.29, 1.82) is 0 Å². The lowest BCUT2D eigenvalue weighted by atomic mass is 9.96.